The first-order valence-corrected chi connectivity index (χ1v) is 6.91. The summed E-state index contributed by atoms with van der Waals surface area (Å²) in [7, 11) is 1.68. The summed E-state index contributed by atoms with van der Waals surface area (Å²) in [5, 5.41) is 0. The Morgan fingerprint density at radius 1 is 1.05 bits per heavy atom. The van der Waals surface area contributed by atoms with Crippen molar-refractivity contribution in [2.45, 2.75) is 19.6 Å². The molecule has 0 aliphatic carbocycles. The van der Waals surface area contributed by atoms with E-state index in [1.807, 2.05) is 24.3 Å². The maximum Gasteiger partial charge on any atom is 0.129 e. The van der Waals surface area contributed by atoms with Crippen LogP contribution < -0.4 is 10.5 Å². The van der Waals surface area contributed by atoms with Crippen molar-refractivity contribution in [1.82, 2.24) is 0 Å². The van der Waals surface area contributed by atoms with Crippen LogP contribution in [0.15, 0.2) is 42.5 Å². The van der Waals surface area contributed by atoms with Crippen molar-refractivity contribution in [3.05, 3.63) is 65.0 Å². The van der Waals surface area contributed by atoms with E-state index in [4.69, 9.17) is 15.2 Å². The Bertz CT molecular complexity index is 570. The second-order valence-electron chi connectivity index (χ2n) is 4.81. The van der Waals surface area contributed by atoms with E-state index in [1.54, 1.807) is 19.2 Å². The molecule has 0 atom stereocenters. The fraction of sp³-hybridized carbons (Fsp3) is 0.294. The summed E-state index contributed by atoms with van der Waals surface area (Å²) in [6.45, 7) is 1.27. The topological polar surface area (TPSA) is 44.5 Å². The van der Waals surface area contributed by atoms with Gasteiger partial charge in [0.15, 0.2) is 0 Å². The number of nitrogens with two attached hydrogens (primary N) is 1. The van der Waals surface area contributed by atoms with E-state index in [0.717, 1.165) is 12.0 Å². The monoisotopic (exact) mass is 289 g/mol. The molecule has 3 nitrogen and oxygen atoms in total. The van der Waals surface area contributed by atoms with Crippen LogP contribution in [0.25, 0.3) is 0 Å². The van der Waals surface area contributed by atoms with Crippen molar-refractivity contribution < 1.29 is 13.9 Å². The summed E-state index contributed by atoms with van der Waals surface area (Å²) < 4.78 is 24.3. The van der Waals surface area contributed by atoms with Crippen molar-refractivity contribution in [2.24, 2.45) is 5.73 Å². The summed E-state index contributed by atoms with van der Waals surface area (Å²) >= 11 is 0. The van der Waals surface area contributed by atoms with E-state index in [1.165, 1.54) is 11.6 Å². The number of hydrogen-bond acceptors (Lipinski definition) is 3. The average molecular weight is 289 g/mol. The lowest BCUT2D eigenvalue weighted by atomic mass is 10.1. The normalized spacial score (nSPS) is 10.6. The van der Waals surface area contributed by atoms with Crippen LogP contribution in [0.3, 0.4) is 0 Å². The maximum atomic E-state index is 13.7. The zero-order chi connectivity index (χ0) is 15.1. The lowest BCUT2D eigenvalue weighted by Gasteiger charge is -2.09. The third-order valence-electron chi connectivity index (χ3n) is 3.26. The molecule has 112 valence electrons. The first-order valence-electron chi connectivity index (χ1n) is 6.91. The molecule has 4 heteroatoms. The van der Waals surface area contributed by atoms with Crippen molar-refractivity contribution in [1.29, 1.82) is 0 Å². The molecular weight excluding hydrogens is 269 g/mol. The largest absolute Gasteiger partial charge is 0.489 e. The van der Waals surface area contributed by atoms with Gasteiger partial charge in [0.1, 0.15) is 18.2 Å². The van der Waals surface area contributed by atoms with Crippen LogP contribution in [0.4, 0.5) is 4.39 Å². The van der Waals surface area contributed by atoms with Crippen LogP contribution in [-0.4, -0.2) is 13.7 Å². The molecule has 0 heterocycles. The maximum absolute atomic E-state index is 13.7. The molecule has 2 N–H and O–H groups in total. The Balaban J connectivity index is 1.96. The van der Waals surface area contributed by atoms with Gasteiger partial charge in [-0.15, -0.1) is 0 Å². The minimum absolute atomic E-state index is 0.192. The molecule has 0 bridgehead atoms. The molecule has 21 heavy (non-hydrogen) atoms. The minimum Gasteiger partial charge on any atom is -0.489 e. The van der Waals surface area contributed by atoms with Crippen LogP contribution in [0.5, 0.6) is 5.75 Å². The Morgan fingerprint density at radius 2 is 1.76 bits per heavy atom. The predicted molar refractivity (Wildman–Crippen MR) is 80.6 cm³/mol. The standard InChI is InChI=1S/C17H20FNO2/c1-20-9-8-13-2-5-16(6-3-13)21-12-15-10-14(11-19)4-7-17(15)18/h2-7,10H,8-9,11-12,19H2,1H3. The van der Waals surface area contributed by atoms with Crippen LogP contribution in [-0.2, 0) is 24.3 Å². The van der Waals surface area contributed by atoms with Gasteiger partial charge >= 0.3 is 0 Å². The summed E-state index contributed by atoms with van der Waals surface area (Å²) in [6.07, 6.45) is 0.865. The number of methoxy groups -OCH3 is 1. The summed E-state index contributed by atoms with van der Waals surface area (Å²) in [5.74, 6) is 0.442. The second kappa shape index (κ2) is 7.76. The summed E-state index contributed by atoms with van der Waals surface area (Å²) in [4.78, 5) is 0. The third kappa shape index (κ3) is 4.55. The van der Waals surface area contributed by atoms with Crippen molar-refractivity contribution in [2.75, 3.05) is 13.7 Å². The molecular formula is C17H20FNO2. The van der Waals surface area contributed by atoms with Gasteiger partial charge in [-0.1, -0.05) is 18.2 Å². The highest BCUT2D eigenvalue weighted by Crippen LogP contribution is 2.17. The summed E-state index contributed by atoms with van der Waals surface area (Å²) in [5.41, 5.74) is 8.15. The summed E-state index contributed by atoms with van der Waals surface area (Å²) in [6, 6.07) is 12.6. The van der Waals surface area contributed by atoms with Gasteiger partial charge in [0.05, 0.1) is 6.61 Å². The van der Waals surface area contributed by atoms with Crippen molar-refractivity contribution in [3.63, 3.8) is 0 Å². The zero-order valence-electron chi connectivity index (χ0n) is 12.1. The van der Waals surface area contributed by atoms with E-state index in [0.29, 0.717) is 24.5 Å². The van der Waals surface area contributed by atoms with Gasteiger partial charge in [0, 0.05) is 19.2 Å². The molecule has 0 aromatic heterocycles. The number of ether oxygens (including phenoxy) is 2. The van der Waals surface area contributed by atoms with Gasteiger partial charge in [0.2, 0.25) is 0 Å². The van der Waals surface area contributed by atoms with Gasteiger partial charge in [-0.2, -0.15) is 0 Å². The molecule has 0 spiro atoms. The Kier molecular flexibility index (Phi) is 5.72. The van der Waals surface area contributed by atoms with Gasteiger partial charge in [-0.3, -0.25) is 0 Å². The molecule has 0 unspecified atom stereocenters. The van der Waals surface area contributed by atoms with Gasteiger partial charge < -0.3 is 15.2 Å². The SMILES string of the molecule is COCCc1ccc(OCc2cc(CN)ccc2F)cc1. The highest BCUT2D eigenvalue weighted by molar-refractivity contribution is 5.29. The van der Waals surface area contributed by atoms with Crippen LogP contribution in [0, 0.1) is 5.82 Å². The fourth-order valence-corrected chi connectivity index (χ4v) is 2.00. The smallest absolute Gasteiger partial charge is 0.129 e. The fourth-order valence-electron chi connectivity index (χ4n) is 2.00. The quantitative estimate of drug-likeness (QED) is 0.852. The van der Waals surface area contributed by atoms with Crippen molar-refractivity contribution in [3.8, 4) is 5.75 Å². The zero-order valence-corrected chi connectivity index (χ0v) is 12.1. The third-order valence-corrected chi connectivity index (χ3v) is 3.26. The van der Waals surface area contributed by atoms with E-state index in [2.05, 4.69) is 0 Å². The molecule has 0 amide bonds. The Labute approximate surface area is 124 Å². The predicted octanol–water partition coefficient (Wildman–Crippen LogP) is 3.05. The molecule has 0 aliphatic rings. The lowest BCUT2D eigenvalue weighted by Crippen LogP contribution is -2.02. The molecule has 0 saturated carbocycles. The minimum atomic E-state index is -0.274. The molecule has 0 aliphatic heterocycles. The number of halogens is 1. The highest BCUT2D eigenvalue weighted by atomic mass is 19.1. The van der Waals surface area contributed by atoms with E-state index >= 15 is 0 Å². The molecule has 2 aromatic carbocycles. The van der Waals surface area contributed by atoms with Crippen LogP contribution in [0.1, 0.15) is 16.7 Å². The Hall–Kier alpha value is -1.91. The first-order chi connectivity index (χ1) is 10.2. The molecule has 2 aromatic rings. The van der Waals surface area contributed by atoms with Gasteiger partial charge in [-0.25, -0.2) is 4.39 Å². The number of rotatable bonds is 7. The van der Waals surface area contributed by atoms with Crippen LogP contribution in [0.2, 0.25) is 0 Å². The highest BCUT2D eigenvalue weighted by Gasteiger charge is 2.04. The average Bonchev–Trinajstić information content (AvgIpc) is 2.53. The second-order valence-corrected chi connectivity index (χ2v) is 4.81. The number of hydrogen-bond donors (Lipinski definition) is 1. The van der Waals surface area contributed by atoms with E-state index < -0.39 is 0 Å². The molecule has 2 rings (SSSR count). The number of benzene rings is 2. The van der Waals surface area contributed by atoms with E-state index in [9.17, 15) is 4.39 Å². The van der Waals surface area contributed by atoms with Crippen molar-refractivity contribution >= 4 is 0 Å². The molecule has 0 fully saturated rings. The van der Waals surface area contributed by atoms with E-state index in [-0.39, 0.29) is 12.4 Å². The van der Waals surface area contributed by atoms with Crippen LogP contribution >= 0.6 is 0 Å². The lowest BCUT2D eigenvalue weighted by molar-refractivity contribution is 0.202. The Morgan fingerprint density at radius 3 is 2.43 bits per heavy atom. The molecule has 0 radical (unpaired) electrons. The first kappa shape index (κ1) is 15.5. The van der Waals surface area contributed by atoms with Gasteiger partial charge in [-0.05, 0) is 41.8 Å². The van der Waals surface area contributed by atoms with Gasteiger partial charge in [0.25, 0.3) is 0 Å². The molecule has 0 saturated heterocycles.